The van der Waals surface area contributed by atoms with E-state index in [9.17, 15) is 0 Å². The zero-order chi connectivity index (χ0) is 9.68. The van der Waals surface area contributed by atoms with Gasteiger partial charge in [0.15, 0.2) is 0 Å². The van der Waals surface area contributed by atoms with Crippen molar-refractivity contribution in [2.24, 2.45) is 16.8 Å². The molecule has 0 bridgehead atoms. The Bertz CT molecular complexity index is 172. The average Bonchev–Trinajstić information content (AvgIpc) is 2.59. The SMILES string of the molecule is CN=C(NN)N(C)CC1CCCC1. The molecule has 1 saturated carbocycles. The molecule has 0 spiro atoms. The molecule has 0 aromatic rings. The van der Waals surface area contributed by atoms with E-state index in [0.717, 1.165) is 18.4 Å². The zero-order valence-electron chi connectivity index (χ0n) is 8.58. The number of nitrogens with two attached hydrogens (primary N) is 1. The Labute approximate surface area is 80.2 Å². The lowest BCUT2D eigenvalue weighted by Gasteiger charge is -2.23. The van der Waals surface area contributed by atoms with E-state index in [2.05, 4.69) is 15.3 Å². The first-order valence-electron chi connectivity index (χ1n) is 4.92. The summed E-state index contributed by atoms with van der Waals surface area (Å²) in [5.41, 5.74) is 2.60. The molecule has 1 aliphatic carbocycles. The maximum atomic E-state index is 5.34. The molecule has 0 radical (unpaired) electrons. The van der Waals surface area contributed by atoms with Crippen LogP contribution >= 0.6 is 0 Å². The van der Waals surface area contributed by atoms with Crippen LogP contribution < -0.4 is 11.3 Å². The third kappa shape index (κ3) is 2.88. The molecule has 0 aromatic carbocycles. The third-order valence-corrected chi connectivity index (χ3v) is 2.71. The Kier molecular flexibility index (Phi) is 4.02. The minimum Gasteiger partial charge on any atom is -0.345 e. The Morgan fingerprint density at radius 1 is 1.54 bits per heavy atom. The molecule has 0 atom stereocenters. The molecular weight excluding hydrogens is 164 g/mol. The molecule has 0 unspecified atom stereocenters. The van der Waals surface area contributed by atoms with Gasteiger partial charge in [0.25, 0.3) is 0 Å². The van der Waals surface area contributed by atoms with E-state index >= 15 is 0 Å². The van der Waals surface area contributed by atoms with Gasteiger partial charge in [-0.3, -0.25) is 10.4 Å². The summed E-state index contributed by atoms with van der Waals surface area (Å²) in [5.74, 6) is 6.94. The quantitative estimate of drug-likeness (QED) is 0.285. The number of nitrogens with zero attached hydrogens (tertiary/aromatic N) is 2. The molecule has 13 heavy (non-hydrogen) atoms. The first-order chi connectivity index (χ1) is 6.27. The summed E-state index contributed by atoms with van der Waals surface area (Å²) < 4.78 is 0. The number of aliphatic imine (C=N–C) groups is 1. The van der Waals surface area contributed by atoms with Gasteiger partial charge in [-0.2, -0.15) is 0 Å². The van der Waals surface area contributed by atoms with Gasteiger partial charge in [-0.15, -0.1) is 0 Å². The Hall–Kier alpha value is -0.770. The fourth-order valence-electron chi connectivity index (χ4n) is 2.01. The predicted molar refractivity (Wildman–Crippen MR) is 55.3 cm³/mol. The minimum absolute atomic E-state index is 0.770. The van der Waals surface area contributed by atoms with Crippen LogP contribution in [0.5, 0.6) is 0 Å². The molecule has 1 aliphatic rings. The van der Waals surface area contributed by atoms with Gasteiger partial charge in [0, 0.05) is 20.6 Å². The van der Waals surface area contributed by atoms with Gasteiger partial charge in [0.1, 0.15) is 0 Å². The highest BCUT2D eigenvalue weighted by Gasteiger charge is 2.17. The van der Waals surface area contributed by atoms with E-state index < -0.39 is 0 Å². The van der Waals surface area contributed by atoms with E-state index in [1.165, 1.54) is 25.7 Å². The van der Waals surface area contributed by atoms with Crippen molar-refractivity contribution in [3.63, 3.8) is 0 Å². The second kappa shape index (κ2) is 5.07. The summed E-state index contributed by atoms with van der Waals surface area (Å²) in [6.07, 6.45) is 5.47. The second-order valence-electron chi connectivity index (χ2n) is 3.72. The van der Waals surface area contributed by atoms with E-state index in [0.29, 0.717) is 0 Å². The van der Waals surface area contributed by atoms with Crippen LogP contribution in [0.3, 0.4) is 0 Å². The van der Waals surface area contributed by atoms with Crippen molar-refractivity contribution in [3.8, 4) is 0 Å². The molecule has 1 fully saturated rings. The van der Waals surface area contributed by atoms with Crippen LogP contribution in [-0.4, -0.2) is 31.5 Å². The van der Waals surface area contributed by atoms with Crippen molar-refractivity contribution >= 4 is 5.96 Å². The van der Waals surface area contributed by atoms with Gasteiger partial charge < -0.3 is 4.90 Å². The number of hydrazine groups is 1. The van der Waals surface area contributed by atoms with Crippen LogP contribution in [0.2, 0.25) is 0 Å². The van der Waals surface area contributed by atoms with Crippen LogP contribution in [0.15, 0.2) is 4.99 Å². The molecule has 4 heteroatoms. The molecule has 0 heterocycles. The average molecular weight is 184 g/mol. The van der Waals surface area contributed by atoms with E-state index in [4.69, 9.17) is 5.84 Å². The fourth-order valence-corrected chi connectivity index (χ4v) is 2.01. The first kappa shape index (κ1) is 10.3. The second-order valence-corrected chi connectivity index (χ2v) is 3.72. The molecule has 0 aliphatic heterocycles. The van der Waals surface area contributed by atoms with E-state index in [-0.39, 0.29) is 0 Å². The van der Waals surface area contributed by atoms with Gasteiger partial charge in [0.2, 0.25) is 5.96 Å². The summed E-state index contributed by atoms with van der Waals surface area (Å²) in [6, 6.07) is 0. The molecule has 0 amide bonds. The van der Waals surface area contributed by atoms with Crippen LogP contribution in [0.4, 0.5) is 0 Å². The van der Waals surface area contributed by atoms with Crippen molar-refractivity contribution < 1.29 is 0 Å². The maximum Gasteiger partial charge on any atom is 0.207 e. The van der Waals surface area contributed by atoms with Crippen molar-refractivity contribution in [3.05, 3.63) is 0 Å². The molecule has 0 aromatic heterocycles. The lowest BCUT2D eigenvalue weighted by molar-refractivity contribution is 0.379. The van der Waals surface area contributed by atoms with Crippen molar-refractivity contribution in [1.29, 1.82) is 0 Å². The summed E-state index contributed by atoms with van der Waals surface area (Å²) in [6.45, 7) is 1.07. The van der Waals surface area contributed by atoms with Crippen LogP contribution in [0, 0.1) is 5.92 Å². The van der Waals surface area contributed by atoms with Gasteiger partial charge in [0.05, 0.1) is 0 Å². The largest absolute Gasteiger partial charge is 0.345 e. The van der Waals surface area contributed by atoms with Crippen LogP contribution in [0.1, 0.15) is 25.7 Å². The molecule has 4 nitrogen and oxygen atoms in total. The summed E-state index contributed by atoms with van der Waals surface area (Å²) in [4.78, 5) is 6.15. The normalized spacial score (nSPS) is 19.2. The van der Waals surface area contributed by atoms with Gasteiger partial charge in [-0.25, -0.2) is 5.84 Å². The smallest absolute Gasteiger partial charge is 0.207 e. The number of guanidine groups is 1. The molecule has 3 N–H and O–H groups in total. The Balaban J connectivity index is 2.34. The highest BCUT2D eigenvalue weighted by molar-refractivity contribution is 5.78. The topological polar surface area (TPSA) is 53.6 Å². The number of hydrogen-bond donors (Lipinski definition) is 2. The van der Waals surface area contributed by atoms with Gasteiger partial charge in [-0.1, -0.05) is 12.8 Å². The monoisotopic (exact) mass is 184 g/mol. The molecular formula is C9H20N4. The minimum atomic E-state index is 0.770. The molecule has 0 saturated heterocycles. The number of rotatable bonds is 2. The predicted octanol–water partition coefficient (Wildman–Crippen LogP) is 0.558. The van der Waals surface area contributed by atoms with Crippen LogP contribution in [-0.2, 0) is 0 Å². The highest BCUT2D eigenvalue weighted by atomic mass is 15.4. The zero-order valence-corrected chi connectivity index (χ0v) is 8.58. The standard InChI is InChI=1S/C9H20N4/c1-11-9(12-10)13(2)7-8-5-3-4-6-8/h8H,3-7,10H2,1-2H3,(H,11,12). The highest BCUT2D eigenvalue weighted by Crippen LogP contribution is 2.24. The maximum absolute atomic E-state index is 5.34. The van der Waals surface area contributed by atoms with Crippen LogP contribution in [0.25, 0.3) is 0 Å². The van der Waals surface area contributed by atoms with Gasteiger partial charge >= 0.3 is 0 Å². The first-order valence-corrected chi connectivity index (χ1v) is 4.92. The summed E-state index contributed by atoms with van der Waals surface area (Å²) in [5, 5.41) is 0. The molecule has 76 valence electrons. The Morgan fingerprint density at radius 3 is 2.62 bits per heavy atom. The van der Waals surface area contributed by atoms with E-state index in [1.807, 2.05) is 7.05 Å². The Morgan fingerprint density at radius 2 is 2.15 bits per heavy atom. The lowest BCUT2D eigenvalue weighted by Crippen LogP contribution is -2.44. The summed E-state index contributed by atoms with van der Waals surface area (Å²) in [7, 11) is 3.78. The van der Waals surface area contributed by atoms with E-state index in [1.54, 1.807) is 7.05 Å². The number of nitrogens with one attached hydrogen (secondary N) is 1. The number of hydrogen-bond acceptors (Lipinski definition) is 2. The fraction of sp³-hybridized carbons (Fsp3) is 0.889. The third-order valence-electron chi connectivity index (χ3n) is 2.71. The van der Waals surface area contributed by atoms with Crippen molar-refractivity contribution in [1.82, 2.24) is 10.3 Å². The molecule has 1 rings (SSSR count). The van der Waals surface area contributed by atoms with Gasteiger partial charge in [-0.05, 0) is 18.8 Å². The van der Waals surface area contributed by atoms with Crippen molar-refractivity contribution in [2.45, 2.75) is 25.7 Å². The summed E-state index contributed by atoms with van der Waals surface area (Å²) >= 11 is 0. The lowest BCUT2D eigenvalue weighted by atomic mass is 10.1. The van der Waals surface area contributed by atoms with Crippen molar-refractivity contribution in [2.75, 3.05) is 20.6 Å².